The molecule has 1 N–H and O–H groups in total. The van der Waals surface area contributed by atoms with Crippen molar-refractivity contribution in [1.29, 1.82) is 0 Å². The van der Waals surface area contributed by atoms with Crippen LogP contribution in [0, 0.1) is 12.3 Å². The maximum absolute atomic E-state index is 12.4. The third-order valence-corrected chi connectivity index (χ3v) is 3.91. The minimum absolute atomic E-state index is 0.0628. The van der Waals surface area contributed by atoms with Gasteiger partial charge in [0.1, 0.15) is 18.1 Å². The first kappa shape index (κ1) is 21.9. The summed E-state index contributed by atoms with van der Waals surface area (Å²) in [5.74, 6) is 3.73. The molecule has 0 spiro atoms. The maximum Gasteiger partial charge on any atom is 0.271 e. The lowest BCUT2D eigenvalue weighted by molar-refractivity contribution is 0.0954. The number of halogens is 1. The van der Waals surface area contributed by atoms with Crippen molar-refractivity contribution < 1.29 is 23.7 Å². The van der Waals surface area contributed by atoms with Gasteiger partial charge in [-0.05, 0) is 36.8 Å². The number of nitrogens with zero attached hydrogens (tertiary/aromatic N) is 1. The number of carbonyl (C=O) groups excluding carboxylic acids is 1. The summed E-state index contributed by atoms with van der Waals surface area (Å²) in [4.78, 5) is 12.4. The lowest BCUT2D eigenvalue weighted by Gasteiger charge is -2.12. The average Bonchev–Trinajstić information content (AvgIpc) is 2.72. The van der Waals surface area contributed by atoms with Crippen molar-refractivity contribution in [2.24, 2.45) is 5.10 Å². The predicted molar refractivity (Wildman–Crippen MR) is 112 cm³/mol. The van der Waals surface area contributed by atoms with Gasteiger partial charge in [0.15, 0.2) is 11.5 Å². The third-order valence-electron chi connectivity index (χ3n) is 3.62. The summed E-state index contributed by atoms with van der Waals surface area (Å²) in [6, 6.07) is 8.14. The number of amides is 1. The molecule has 2 aromatic carbocycles. The standard InChI is InChI=1S/C21H21ClN2O5/c1-5-7-29-20-18(22)8-14(9-19(20)28-6-2)13-23-24-21(25)15-10-16(26-3)12-17(11-15)27-4/h1,8-13H,6-7H2,2-4H3,(H,24,25). The van der Waals surface area contributed by atoms with Crippen molar-refractivity contribution in [1.82, 2.24) is 5.43 Å². The number of ether oxygens (including phenoxy) is 4. The number of methoxy groups -OCH3 is 2. The Hall–Kier alpha value is -3.37. The summed E-state index contributed by atoms with van der Waals surface area (Å²) in [6.07, 6.45) is 6.66. The summed E-state index contributed by atoms with van der Waals surface area (Å²) < 4.78 is 21.3. The molecule has 0 aliphatic heterocycles. The van der Waals surface area contributed by atoms with Crippen molar-refractivity contribution >= 4 is 23.7 Å². The lowest BCUT2D eigenvalue weighted by Crippen LogP contribution is -2.17. The maximum atomic E-state index is 12.4. The molecule has 0 aliphatic carbocycles. The molecule has 0 saturated heterocycles. The number of terminal acetylenes is 1. The van der Waals surface area contributed by atoms with Gasteiger partial charge in [-0.2, -0.15) is 5.10 Å². The van der Waals surface area contributed by atoms with E-state index in [1.807, 2.05) is 6.92 Å². The number of hydrogen-bond donors (Lipinski definition) is 1. The normalized spacial score (nSPS) is 10.3. The van der Waals surface area contributed by atoms with Gasteiger partial charge >= 0.3 is 0 Å². The Bertz CT molecular complexity index is 915. The van der Waals surface area contributed by atoms with Crippen LogP contribution in [0.3, 0.4) is 0 Å². The fourth-order valence-corrected chi connectivity index (χ4v) is 2.62. The molecule has 8 heteroatoms. The van der Waals surface area contributed by atoms with Gasteiger partial charge in [-0.25, -0.2) is 5.43 Å². The van der Waals surface area contributed by atoms with Gasteiger partial charge in [-0.1, -0.05) is 17.5 Å². The van der Waals surface area contributed by atoms with E-state index in [-0.39, 0.29) is 6.61 Å². The number of nitrogens with one attached hydrogen (secondary N) is 1. The van der Waals surface area contributed by atoms with Crippen LogP contribution in [-0.2, 0) is 0 Å². The number of hydrazone groups is 1. The smallest absolute Gasteiger partial charge is 0.271 e. The molecule has 2 rings (SSSR count). The van der Waals surface area contributed by atoms with Gasteiger partial charge in [0, 0.05) is 11.6 Å². The molecule has 1 amide bonds. The van der Waals surface area contributed by atoms with Gasteiger partial charge in [0.05, 0.1) is 32.1 Å². The second-order valence-electron chi connectivity index (χ2n) is 5.56. The minimum atomic E-state index is -0.427. The van der Waals surface area contributed by atoms with E-state index in [4.69, 9.17) is 37.0 Å². The van der Waals surface area contributed by atoms with E-state index in [1.54, 1.807) is 30.3 Å². The van der Waals surface area contributed by atoms with Crippen LogP contribution in [0.1, 0.15) is 22.8 Å². The fraction of sp³-hybridized carbons (Fsp3) is 0.238. The summed E-state index contributed by atoms with van der Waals surface area (Å²) in [6.45, 7) is 2.31. The fourth-order valence-electron chi connectivity index (χ4n) is 2.35. The minimum Gasteiger partial charge on any atom is -0.497 e. The van der Waals surface area contributed by atoms with Gasteiger partial charge in [-0.15, -0.1) is 6.42 Å². The van der Waals surface area contributed by atoms with Gasteiger partial charge in [0.2, 0.25) is 0 Å². The molecule has 0 bridgehead atoms. The van der Waals surface area contributed by atoms with Crippen LogP contribution in [0.25, 0.3) is 0 Å². The second-order valence-corrected chi connectivity index (χ2v) is 5.96. The predicted octanol–water partition coefficient (Wildman–Crippen LogP) is 3.53. The Morgan fingerprint density at radius 1 is 1.17 bits per heavy atom. The van der Waals surface area contributed by atoms with E-state index in [0.717, 1.165) is 0 Å². The van der Waals surface area contributed by atoms with Crippen molar-refractivity contribution in [3.63, 3.8) is 0 Å². The molecular weight excluding hydrogens is 396 g/mol. The Kier molecular flexibility index (Phi) is 8.19. The van der Waals surface area contributed by atoms with Crippen molar-refractivity contribution in [3.05, 3.63) is 46.5 Å². The summed E-state index contributed by atoms with van der Waals surface area (Å²) in [5.41, 5.74) is 3.39. The highest BCUT2D eigenvalue weighted by Crippen LogP contribution is 2.36. The van der Waals surface area contributed by atoms with Crippen molar-refractivity contribution in [3.8, 4) is 35.3 Å². The number of hydrogen-bond acceptors (Lipinski definition) is 6. The van der Waals surface area contributed by atoms with E-state index < -0.39 is 5.91 Å². The monoisotopic (exact) mass is 416 g/mol. The van der Waals surface area contributed by atoms with Crippen LogP contribution in [0.2, 0.25) is 5.02 Å². The topological polar surface area (TPSA) is 78.4 Å². The third kappa shape index (κ3) is 6.06. The van der Waals surface area contributed by atoms with E-state index in [0.29, 0.717) is 45.8 Å². The van der Waals surface area contributed by atoms with E-state index in [1.165, 1.54) is 20.4 Å². The number of carbonyl (C=O) groups is 1. The highest BCUT2D eigenvalue weighted by molar-refractivity contribution is 6.32. The molecule has 29 heavy (non-hydrogen) atoms. The summed E-state index contributed by atoms with van der Waals surface area (Å²) in [5, 5.41) is 4.29. The molecule has 7 nitrogen and oxygen atoms in total. The Balaban J connectivity index is 2.17. The highest BCUT2D eigenvalue weighted by atomic mass is 35.5. The Morgan fingerprint density at radius 2 is 1.86 bits per heavy atom. The van der Waals surface area contributed by atoms with E-state index >= 15 is 0 Å². The SMILES string of the molecule is C#CCOc1c(Cl)cc(C=NNC(=O)c2cc(OC)cc(OC)c2)cc1OCC. The molecule has 0 atom stereocenters. The molecule has 0 radical (unpaired) electrons. The average molecular weight is 417 g/mol. The van der Waals surface area contributed by atoms with Crippen LogP contribution >= 0.6 is 11.6 Å². The van der Waals surface area contributed by atoms with Crippen LogP contribution in [0.5, 0.6) is 23.0 Å². The first-order valence-electron chi connectivity index (χ1n) is 8.61. The van der Waals surface area contributed by atoms with Crippen LogP contribution in [-0.4, -0.2) is 39.6 Å². The van der Waals surface area contributed by atoms with E-state index in [9.17, 15) is 4.79 Å². The molecule has 0 aromatic heterocycles. The summed E-state index contributed by atoms with van der Waals surface area (Å²) in [7, 11) is 3.01. The quantitative estimate of drug-likeness (QED) is 0.384. The highest BCUT2D eigenvalue weighted by Gasteiger charge is 2.12. The molecule has 0 fully saturated rings. The molecule has 152 valence electrons. The van der Waals surface area contributed by atoms with Gasteiger partial charge < -0.3 is 18.9 Å². The van der Waals surface area contributed by atoms with Crippen LogP contribution < -0.4 is 24.4 Å². The van der Waals surface area contributed by atoms with Crippen molar-refractivity contribution in [2.45, 2.75) is 6.92 Å². The summed E-state index contributed by atoms with van der Waals surface area (Å²) >= 11 is 6.26. The molecular formula is C21H21ClN2O5. The first-order valence-corrected chi connectivity index (χ1v) is 8.99. The Morgan fingerprint density at radius 3 is 2.45 bits per heavy atom. The second kappa shape index (κ2) is 10.8. The number of benzene rings is 2. The molecule has 2 aromatic rings. The van der Waals surface area contributed by atoms with Crippen molar-refractivity contribution in [2.75, 3.05) is 27.4 Å². The molecule has 0 aliphatic rings. The Labute approximate surface area is 174 Å². The first-order chi connectivity index (χ1) is 14.0. The van der Waals surface area contributed by atoms with Crippen LogP contribution in [0.15, 0.2) is 35.4 Å². The van der Waals surface area contributed by atoms with Gasteiger partial charge in [-0.3, -0.25) is 4.79 Å². The molecule has 0 heterocycles. The zero-order valence-corrected chi connectivity index (χ0v) is 17.1. The lowest BCUT2D eigenvalue weighted by atomic mass is 10.2. The van der Waals surface area contributed by atoms with Gasteiger partial charge in [0.25, 0.3) is 5.91 Å². The zero-order chi connectivity index (χ0) is 21.2. The van der Waals surface area contributed by atoms with Crippen LogP contribution in [0.4, 0.5) is 0 Å². The zero-order valence-electron chi connectivity index (χ0n) is 16.3. The molecule has 0 unspecified atom stereocenters. The molecule has 0 saturated carbocycles. The largest absolute Gasteiger partial charge is 0.497 e. The number of rotatable bonds is 9. The van der Waals surface area contributed by atoms with E-state index in [2.05, 4.69) is 16.4 Å².